The number of hydrogen-bond donors (Lipinski definition) is 1. The first-order valence-corrected chi connectivity index (χ1v) is 5.62. The Morgan fingerprint density at radius 2 is 2.06 bits per heavy atom. The van der Waals surface area contributed by atoms with Crippen LogP contribution in [0.2, 0.25) is 0 Å². The summed E-state index contributed by atoms with van der Waals surface area (Å²) >= 11 is 0. The quantitative estimate of drug-likeness (QED) is 0.829. The monoisotopic (exact) mass is 218 g/mol. The van der Waals surface area contributed by atoms with Crippen molar-refractivity contribution in [3.63, 3.8) is 0 Å². The summed E-state index contributed by atoms with van der Waals surface area (Å²) in [4.78, 5) is 0. The number of nitriles is 1. The first-order valence-electron chi connectivity index (χ1n) is 5.62. The van der Waals surface area contributed by atoms with Gasteiger partial charge in [-0.25, -0.2) is 4.39 Å². The van der Waals surface area contributed by atoms with E-state index in [-0.39, 0.29) is 11.0 Å². The Bertz CT molecular complexity index is 428. The number of nitrogens with two attached hydrogens (primary N) is 1. The second kappa shape index (κ2) is 4.23. The van der Waals surface area contributed by atoms with Crippen LogP contribution in [-0.2, 0) is 5.41 Å². The van der Waals surface area contributed by atoms with E-state index in [9.17, 15) is 4.39 Å². The van der Waals surface area contributed by atoms with Crippen molar-refractivity contribution in [1.82, 2.24) is 0 Å². The molecule has 1 fully saturated rings. The van der Waals surface area contributed by atoms with Crippen LogP contribution in [0.25, 0.3) is 0 Å². The first kappa shape index (κ1) is 11.1. The molecule has 2 nitrogen and oxygen atoms in total. The van der Waals surface area contributed by atoms with Crippen molar-refractivity contribution in [3.05, 3.63) is 35.1 Å². The van der Waals surface area contributed by atoms with Crippen LogP contribution in [0, 0.1) is 17.1 Å². The fourth-order valence-corrected chi connectivity index (χ4v) is 2.60. The molecule has 1 aromatic carbocycles. The van der Waals surface area contributed by atoms with Crippen LogP contribution in [0.4, 0.5) is 4.39 Å². The molecule has 2 N–H and O–H groups in total. The molecule has 0 radical (unpaired) electrons. The van der Waals surface area contributed by atoms with Gasteiger partial charge in [0, 0.05) is 12.0 Å². The summed E-state index contributed by atoms with van der Waals surface area (Å²) in [5, 5.41) is 8.82. The maximum Gasteiger partial charge on any atom is 0.140 e. The Morgan fingerprint density at radius 3 is 2.62 bits per heavy atom. The highest BCUT2D eigenvalue weighted by molar-refractivity contribution is 5.38. The zero-order chi connectivity index (χ0) is 11.6. The van der Waals surface area contributed by atoms with E-state index in [4.69, 9.17) is 11.0 Å². The number of halogens is 1. The van der Waals surface area contributed by atoms with Crippen molar-refractivity contribution in [2.45, 2.75) is 31.1 Å². The van der Waals surface area contributed by atoms with Gasteiger partial charge >= 0.3 is 0 Å². The highest BCUT2D eigenvalue weighted by atomic mass is 19.1. The molecule has 0 atom stereocenters. The maximum absolute atomic E-state index is 13.2. The SMILES string of the molecule is N#Cc1cc(C2(CN)CCCC2)ccc1F. The van der Waals surface area contributed by atoms with E-state index in [0.29, 0.717) is 6.54 Å². The van der Waals surface area contributed by atoms with Gasteiger partial charge in [0.2, 0.25) is 0 Å². The number of benzene rings is 1. The molecule has 0 aromatic heterocycles. The minimum Gasteiger partial charge on any atom is -0.330 e. The fraction of sp³-hybridized carbons (Fsp3) is 0.462. The van der Waals surface area contributed by atoms with Crippen LogP contribution in [0.1, 0.15) is 36.8 Å². The van der Waals surface area contributed by atoms with Gasteiger partial charge in [0.1, 0.15) is 11.9 Å². The first-order chi connectivity index (χ1) is 7.72. The van der Waals surface area contributed by atoms with Gasteiger partial charge in [0.05, 0.1) is 5.56 Å². The fourth-order valence-electron chi connectivity index (χ4n) is 2.60. The second-order valence-corrected chi connectivity index (χ2v) is 4.50. The third kappa shape index (κ3) is 1.70. The average Bonchev–Trinajstić information content (AvgIpc) is 2.79. The van der Waals surface area contributed by atoms with Crippen molar-refractivity contribution in [1.29, 1.82) is 5.26 Å². The summed E-state index contributed by atoms with van der Waals surface area (Å²) < 4.78 is 13.2. The van der Waals surface area contributed by atoms with Crippen molar-refractivity contribution < 1.29 is 4.39 Å². The smallest absolute Gasteiger partial charge is 0.140 e. The van der Waals surface area contributed by atoms with E-state index in [1.807, 2.05) is 6.07 Å². The molecule has 1 aliphatic rings. The molecule has 0 amide bonds. The molecule has 3 heteroatoms. The van der Waals surface area contributed by atoms with E-state index in [1.54, 1.807) is 12.1 Å². The van der Waals surface area contributed by atoms with Gasteiger partial charge < -0.3 is 5.73 Å². The lowest BCUT2D eigenvalue weighted by Crippen LogP contribution is -2.32. The lowest BCUT2D eigenvalue weighted by molar-refractivity contribution is 0.452. The highest BCUT2D eigenvalue weighted by Gasteiger charge is 2.34. The normalized spacial score (nSPS) is 18.3. The predicted molar refractivity (Wildman–Crippen MR) is 60.3 cm³/mol. The summed E-state index contributed by atoms with van der Waals surface area (Å²) in [7, 11) is 0. The Kier molecular flexibility index (Phi) is 2.93. The summed E-state index contributed by atoms with van der Waals surface area (Å²) in [6.45, 7) is 0.573. The molecule has 0 bridgehead atoms. The lowest BCUT2D eigenvalue weighted by Gasteiger charge is -2.28. The second-order valence-electron chi connectivity index (χ2n) is 4.50. The minimum atomic E-state index is -0.448. The summed E-state index contributed by atoms with van der Waals surface area (Å²) in [6, 6.07) is 6.70. The maximum atomic E-state index is 13.2. The molecular formula is C13H15FN2. The van der Waals surface area contributed by atoms with Crippen LogP contribution in [0.3, 0.4) is 0 Å². The van der Waals surface area contributed by atoms with Gasteiger partial charge in [-0.1, -0.05) is 18.9 Å². The molecule has 84 valence electrons. The van der Waals surface area contributed by atoms with E-state index in [2.05, 4.69) is 0 Å². The van der Waals surface area contributed by atoms with Crippen LogP contribution >= 0.6 is 0 Å². The zero-order valence-corrected chi connectivity index (χ0v) is 9.17. The van der Waals surface area contributed by atoms with Gasteiger partial charge in [0.25, 0.3) is 0 Å². The average molecular weight is 218 g/mol. The van der Waals surface area contributed by atoms with Gasteiger partial charge in [-0.2, -0.15) is 5.26 Å². The van der Waals surface area contributed by atoms with Gasteiger partial charge in [0.15, 0.2) is 0 Å². The van der Waals surface area contributed by atoms with E-state index in [1.165, 1.54) is 6.07 Å². The standard InChI is InChI=1S/C13H15FN2/c14-12-4-3-11(7-10(12)8-15)13(9-16)5-1-2-6-13/h3-4,7H,1-2,5-6,9,16H2. The molecule has 16 heavy (non-hydrogen) atoms. The zero-order valence-electron chi connectivity index (χ0n) is 9.17. The third-order valence-corrected chi connectivity index (χ3v) is 3.65. The van der Waals surface area contributed by atoms with Crippen LogP contribution < -0.4 is 5.73 Å². The number of nitrogens with zero attached hydrogens (tertiary/aromatic N) is 1. The number of rotatable bonds is 2. The van der Waals surface area contributed by atoms with E-state index in [0.717, 1.165) is 31.2 Å². The van der Waals surface area contributed by atoms with Gasteiger partial charge in [-0.05, 0) is 30.5 Å². The molecule has 0 spiro atoms. The van der Waals surface area contributed by atoms with E-state index < -0.39 is 5.82 Å². The van der Waals surface area contributed by atoms with E-state index >= 15 is 0 Å². The molecule has 0 saturated heterocycles. The van der Waals surface area contributed by atoms with Gasteiger partial charge in [-0.3, -0.25) is 0 Å². The van der Waals surface area contributed by atoms with Crippen molar-refractivity contribution in [2.24, 2.45) is 5.73 Å². The summed E-state index contributed by atoms with van der Waals surface area (Å²) in [6.07, 6.45) is 4.41. The Morgan fingerprint density at radius 1 is 1.38 bits per heavy atom. The number of hydrogen-bond acceptors (Lipinski definition) is 2. The molecule has 0 aliphatic heterocycles. The Hall–Kier alpha value is -1.40. The highest BCUT2D eigenvalue weighted by Crippen LogP contribution is 2.40. The van der Waals surface area contributed by atoms with Crippen molar-refractivity contribution in [3.8, 4) is 6.07 Å². The van der Waals surface area contributed by atoms with Crippen LogP contribution in [-0.4, -0.2) is 6.54 Å². The van der Waals surface area contributed by atoms with Crippen LogP contribution in [0.15, 0.2) is 18.2 Å². The van der Waals surface area contributed by atoms with Gasteiger partial charge in [-0.15, -0.1) is 0 Å². The molecule has 0 unspecified atom stereocenters. The summed E-state index contributed by atoms with van der Waals surface area (Å²) in [5.74, 6) is -0.448. The molecular weight excluding hydrogens is 203 g/mol. The molecule has 1 aliphatic carbocycles. The molecule has 1 aromatic rings. The molecule has 2 rings (SSSR count). The predicted octanol–water partition coefficient (Wildman–Crippen LogP) is 2.47. The lowest BCUT2D eigenvalue weighted by atomic mass is 9.78. The minimum absolute atomic E-state index is 0.0285. The van der Waals surface area contributed by atoms with Crippen molar-refractivity contribution >= 4 is 0 Å². The van der Waals surface area contributed by atoms with Crippen molar-refractivity contribution in [2.75, 3.05) is 6.54 Å². The molecule has 1 saturated carbocycles. The molecule has 0 heterocycles. The largest absolute Gasteiger partial charge is 0.330 e. The third-order valence-electron chi connectivity index (χ3n) is 3.65. The van der Waals surface area contributed by atoms with Crippen LogP contribution in [0.5, 0.6) is 0 Å². The summed E-state index contributed by atoms with van der Waals surface area (Å²) in [5.41, 5.74) is 6.97. The topological polar surface area (TPSA) is 49.8 Å². The Labute approximate surface area is 94.9 Å². The Balaban J connectivity index is 2.43.